The van der Waals surface area contributed by atoms with E-state index in [2.05, 4.69) is 14.9 Å². The zero-order chi connectivity index (χ0) is 19.5. The lowest BCUT2D eigenvalue weighted by atomic mass is 9.84. The Hall–Kier alpha value is -2.87. The summed E-state index contributed by atoms with van der Waals surface area (Å²) < 4.78 is 29.3. The third-order valence-corrected chi connectivity index (χ3v) is 6.78. The monoisotopic (exact) mass is 397 g/mol. The number of hydrogen-bond acceptors (Lipinski definition) is 6. The van der Waals surface area contributed by atoms with Gasteiger partial charge in [-0.05, 0) is 24.3 Å². The topological polar surface area (TPSA) is 92.4 Å². The minimum absolute atomic E-state index is 0.249. The molecule has 0 unspecified atom stereocenters. The molecule has 0 amide bonds. The Morgan fingerprint density at radius 3 is 2.64 bits per heavy atom. The molecule has 5 rings (SSSR count). The number of anilines is 1. The van der Waals surface area contributed by atoms with Gasteiger partial charge in [-0.15, -0.1) is 0 Å². The smallest absolute Gasteiger partial charge is 0.339 e. The number of esters is 1. The molecule has 0 radical (unpaired) electrons. The van der Waals surface area contributed by atoms with E-state index in [1.807, 2.05) is 24.3 Å². The number of benzene rings is 2. The van der Waals surface area contributed by atoms with Gasteiger partial charge in [0.25, 0.3) is 0 Å². The normalized spacial score (nSPS) is 18.5. The molecule has 0 bridgehead atoms. The highest BCUT2D eigenvalue weighted by molar-refractivity contribution is 7.90. The van der Waals surface area contributed by atoms with Crippen molar-refractivity contribution < 1.29 is 17.9 Å². The van der Waals surface area contributed by atoms with Gasteiger partial charge in [-0.25, -0.2) is 18.2 Å². The molecule has 3 aromatic rings. The molecule has 144 valence electrons. The number of sulfone groups is 1. The van der Waals surface area contributed by atoms with Gasteiger partial charge in [0.05, 0.1) is 21.5 Å². The van der Waals surface area contributed by atoms with Crippen molar-refractivity contribution in [3.05, 3.63) is 53.6 Å². The lowest BCUT2D eigenvalue weighted by Crippen LogP contribution is -2.43. The van der Waals surface area contributed by atoms with Crippen LogP contribution >= 0.6 is 0 Å². The number of carbonyl (C=O) groups is 1. The maximum absolute atomic E-state index is 12.2. The quantitative estimate of drug-likeness (QED) is 0.669. The Morgan fingerprint density at radius 1 is 1.14 bits per heavy atom. The summed E-state index contributed by atoms with van der Waals surface area (Å²) in [7, 11) is -3.27. The molecule has 1 spiro atoms. The number of hydrogen-bond donors (Lipinski definition) is 1. The summed E-state index contributed by atoms with van der Waals surface area (Å²) in [5, 5.41) is 0. The van der Waals surface area contributed by atoms with Crippen LogP contribution in [0, 0.1) is 0 Å². The molecule has 2 aliphatic heterocycles. The van der Waals surface area contributed by atoms with E-state index >= 15 is 0 Å². The van der Waals surface area contributed by atoms with E-state index in [1.54, 1.807) is 18.2 Å². The first-order valence-corrected chi connectivity index (χ1v) is 11.0. The van der Waals surface area contributed by atoms with Gasteiger partial charge in [0, 0.05) is 37.8 Å². The number of imidazole rings is 1. The number of piperidine rings is 1. The summed E-state index contributed by atoms with van der Waals surface area (Å²) in [5.41, 5.74) is 2.49. The number of fused-ring (bicyclic) bond motifs is 3. The van der Waals surface area contributed by atoms with E-state index in [9.17, 15) is 13.2 Å². The van der Waals surface area contributed by atoms with Crippen LogP contribution in [0.1, 0.15) is 28.8 Å². The molecule has 1 saturated heterocycles. The summed E-state index contributed by atoms with van der Waals surface area (Å²) in [5.74, 6) is 0.453. The second kappa shape index (κ2) is 5.81. The Morgan fingerprint density at radius 2 is 1.89 bits per heavy atom. The molecule has 2 aromatic carbocycles. The molecule has 1 fully saturated rings. The van der Waals surface area contributed by atoms with Gasteiger partial charge in [-0.3, -0.25) is 0 Å². The number of nitrogens with zero attached hydrogens (tertiary/aromatic N) is 2. The molecule has 0 aliphatic carbocycles. The maximum atomic E-state index is 12.2. The lowest BCUT2D eigenvalue weighted by Gasteiger charge is -2.38. The van der Waals surface area contributed by atoms with E-state index in [1.165, 1.54) is 6.26 Å². The molecule has 1 aromatic heterocycles. The summed E-state index contributed by atoms with van der Waals surface area (Å²) >= 11 is 0. The van der Waals surface area contributed by atoms with Crippen LogP contribution in [0.5, 0.6) is 0 Å². The summed E-state index contributed by atoms with van der Waals surface area (Å²) in [6.45, 7) is 1.36. The minimum Gasteiger partial charge on any atom is -0.450 e. The Kier molecular flexibility index (Phi) is 3.58. The van der Waals surface area contributed by atoms with Crippen LogP contribution < -0.4 is 4.90 Å². The van der Waals surface area contributed by atoms with Gasteiger partial charge in [0.2, 0.25) is 5.95 Å². The second-order valence-corrected chi connectivity index (χ2v) is 9.44. The number of nitrogens with one attached hydrogen (secondary N) is 1. The molecule has 0 saturated carbocycles. The number of ether oxygens (including phenoxy) is 1. The molecule has 28 heavy (non-hydrogen) atoms. The first-order chi connectivity index (χ1) is 13.4. The highest BCUT2D eigenvalue weighted by atomic mass is 32.2. The van der Waals surface area contributed by atoms with Gasteiger partial charge in [0.15, 0.2) is 9.84 Å². The third kappa shape index (κ3) is 2.59. The van der Waals surface area contributed by atoms with E-state index in [-0.39, 0.29) is 10.9 Å². The van der Waals surface area contributed by atoms with Crippen LogP contribution in [-0.4, -0.2) is 43.7 Å². The van der Waals surface area contributed by atoms with Crippen molar-refractivity contribution in [2.24, 2.45) is 0 Å². The summed E-state index contributed by atoms with van der Waals surface area (Å²) in [6.07, 6.45) is 2.55. The zero-order valence-electron chi connectivity index (χ0n) is 15.3. The number of H-pyrrole nitrogens is 1. The highest BCUT2D eigenvalue weighted by Gasteiger charge is 2.47. The van der Waals surface area contributed by atoms with Crippen molar-refractivity contribution in [1.82, 2.24) is 9.97 Å². The van der Waals surface area contributed by atoms with Crippen LogP contribution in [0.3, 0.4) is 0 Å². The largest absolute Gasteiger partial charge is 0.450 e. The number of aromatic amines is 1. The fourth-order valence-corrected chi connectivity index (χ4v) is 4.80. The summed E-state index contributed by atoms with van der Waals surface area (Å²) in [4.78, 5) is 22.4. The zero-order valence-corrected chi connectivity index (χ0v) is 16.1. The molecule has 1 N–H and O–H groups in total. The van der Waals surface area contributed by atoms with Crippen LogP contribution in [0.2, 0.25) is 0 Å². The van der Waals surface area contributed by atoms with E-state index < -0.39 is 15.4 Å². The van der Waals surface area contributed by atoms with Crippen LogP contribution in [-0.2, 0) is 20.2 Å². The highest BCUT2D eigenvalue weighted by Crippen LogP contribution is 2.44. The maximum Gasteiger partial charge on any atom is 0.339 e. The predicted molar refractivity (Wildman–Crippen MR) is 104 cm³/mol. The number of carbonyl (C=O) groups excluding carboxylic acids is 1. The first-order valence-electron chi connectivity index (χ1n) is 9.13. The van der Waals surface area contributed by atoms with Gasteiger partial charge in [-0.2, -0.15) is 0 Å². The van der Waals surface area contributed by atoms with Crippen LogP contribution in [0.25, 0.3) is 11.0 Å². The predicted octanol–water partition coefficient (Wildman–Crippen LogP) is 2.63. The number of aromatic nitrogens is 2. The van der Waals surface area contributed by atoms with Crippen molar-refractivity contribution in [1.29, 1.82) is 0 Å². The van der Waals surface area contributed by atoms with Crippen molar-refractivity contribution in [2.75, 3.05) is 24.2 Å². The van der Waals surface area contributed by atoms with Crippen molar-refractivity contribution >= 4 is 32.8 Å². The fourth-order valence-electron chi connectivity index (χ4n) is 4.15. The van der Waals surface area contributed by atoms with Crippen molar-refractivity contribution in [3.63, 3.8) is 0 Å². The molecule has 2 aliphatic rings. The molecule has 0 atom stereocenters. The van der Waals surface area contributed by atoms with E-state index in [0.29, 0.717) is 43.0 Å². The third-order valence-electron chi connectivity index (χ3n) is 5.67. The number of rotatable bonds is 2. The molecule has 8 heteroatoms. The molecule has 3 heterocycles. The lowest BCUT2D eigenvalue weighted by molar-refractivity contribution is -0.0211. The van der Waals surface area contributed by atoms with Crippen molar-refractivity contribution in [2.45, 2.75) is 23.3 Å². The van der Waals surface area contributed by atoms with Gasteiger partial charge < -0.3 is 14.6 Å². The first kappa shape index (κ1) is 17.2. The van der Waals surface area contributed by atoms with Gasteiger partial charge in [-0.1, -0.05) is 18.2 Å². The van der Waals surface area contributed by atoms with Crippen molar-refractivity contribution in [3.8, 4) is 0 Å². The molecular weight excluding hydrogens is 378 g/mol. The minimum atomic E-state index is -3.27. The Labute approximate surface area is 162 Å². The average molecular weight is 397 g/mol. The standard InChI is InChI=1S/C20H19N3O4S/c1-28(25,26)13-6-7-16-17(12-13)22-19(21-16)23-10-8-20(9-11-23)15-5-3-2-4-14(15)18(24)27-20/h2-7,12H,8-11H2,1H3,(H,21,22). The van der Waals surface area contributed by atoms with E-state index in [4.69, 9.17) is 4.74 Å². The van der Waals surface area contributed by atoms with Gasteiger partial charge in [0.1, 0.15) is 5.60 Å². The fraction of sp³-hybridized carbons (Fsp3) is 0.300. The van der Waals surface area contributed by atoms with Gasteiger partial charge >= 0.3 is 5.97 Å². The molecule has 7 nitrogen and oxygen atoms in total. The average Bonchev–Trinajstić information content (AvgIpc) is 3.21. The Balaban J connectivity index is 1.41. The molecular formula is C20H19N3O4S. The van der Waals surface area contributed by atoms with Crippen LogP contribution in [0.15, 0.2) is 47.4 Å². The van der Waals surface area contributed by atoms with Crippen LogP contribution in [0.4, 0.5) is 5.95 Å². The SMILES string of the molecule is CS(=O)(=O)c1ccc2nc(N3CCC4(CC3)OC(=O)c3ccccc34)[nH]c2c1. The Bertz CT molecular complexity index is 1210. The van der Waals surface area contributed by atoms with E-state index in [0.717, 1.165) is 11.1 Å². The second-order valence-electron chi connectivity index (χ2n) is 7.43. The summed E-state index contributed by atoms with van der Waals surface area (Å²) in [6, 6.07) is 12.5.